The highest BCUT2D eigenvalue weighted by Gasteiger charge is 2.13. The Morgan fingerprint density at radius 3 is 2.56 bits per heavy atom. The highest BCUT2D eigenvalue weighted by Crippen LogP contribution is 2.19. The van der Waals surface area contributed by atoms with E-state index in [4.69, 9.17) is 11.5 Å². The van der Waals surface area contributed by atoms with Crippen molar-refractivity contribution in [3.63, 3.8) is 0 Å². The summed E-state index contributed by atoms with van der Waals surface area (Å²) >= 11 is 0. The van der Waals surface area contributed by atoms with E-state index in [0.717, 1.165) is 12.8 Å². The summed E-state index contributed by atoms with van der Waals surface area (Å²) in [6.45, 7) is 1.87. The van der Waals surface area contributed by atoms with Crippen LogP contribution in [0.4, 0.5) is 0 Å². The highest BCUT2D eigenvalue weighted by molar-refractivity contribution is 5.80. The summed E-state index contributed by atoms with van der Waals surface area (Å²) in [7, 11) is 0. The van der Waals surface area contributed by atoms with E-state index in [-0.39, 0.29) is 18.4 Å². The van der Waals surface area contributed by atoms with Gasteiger partial charge in [-0.05, 0) is 19.8 Å². The Balaban J connectivity index is 2.34. The van der Waals surface area contributed by atoms with Crippen LogP contribution in [0.2, 0.25) is 0 Å². The lowest BCUT2D eigenvalue weighted by atomic mass is 9.96. The predicted molar refractivity (Wildman–Crippen MR) is 64.9 cm³/mol. The first-order valence-electron chi connectivity index (χ1n) is 5.96. The molecule has 0 saturated heterocycles. The lowest BCUT2D eigenvalue weighted by molar-refractivity contribution is -0.118. The molecule has 92 valence electrons. The molecule has 16 heavy (non-hydrogen) atoms. The summed E-state index contributed by atoms with van der Waals surface area (Å²) in [6.07, 6.45) is 6.29. The smallest absolute Gasteiger partial charge is 0.219 e. The summed E-state index contributed by atoms with van der Waals surface area (Å²) in [4.78, 5) is 15.1. The second kappa shape index (κ2) is 6.35. The third kappa shape index (κ3) is 5.00. The zero-order valence-corrected chi connectivity index (χ0v) is 9.91. The number of carbonyl (C=O) groups is 1. The number of hydrogen-bond acceptors (Lipinski definition) is 2. The van der Waals surface area contributed by atoms with Crippen molar-refractivity contribution in [1.29, 1.82) is 0 Å². The predicted octanol–water partition coefficient (Wildman–Crippen LogP) is 0.487. The van der Waals surface area contributed by atoms with Crippen LogP contribution in [-0.2, 0) is 4.79 Å². The van der Waals surface area contributed by atoms with Gasteiger partial charge in [-0.3, -0.25) is 9.79 Å². The molecule has 0 radical (unpaired) electrons. The Bertz CT molecular complexity index is 259. The summed E-state index contributed by atoms with van der Waals surface area (Å²) in [5.41, 5.74) is 10.9. The van der Waals surface area contributed by atoms with Crippen LogP contribution in [-0.4, -0.2) is 24.0 Å². The summed E-state index contributed by atoms with van der Waals surface area (Å²) < 4.78 is 0. The Morgan fingerprint density at radius 1 is 1.38 bits per heavy atom. The molecule has 5 heteroatoms. The average Bonchev–Trinajstić information content (AvgIpc) is 2.17. The number of aliphatic imine (C=N–C) groups is 1. The van der Waals surface area contributed by atoms with Crippen molar-refractivity contribution in [1.82, 2.24) is 5.32 Å². The second-order valence-corrected chi connectivity index (χ2v) is 4.52. The van der Waals surface area contributed by atoms with Crippen LogP contribution in [0.25, 0.3) is 0 Å². The third-order valence-electron chi connectivity index (χ3n) is 2.80. The van der Waals surface area contributed by atoms with Crippen molar-refractivity contribution in [2.45, 2.75) is 57.5 Å². The van der Waals surface area contributed by atoms with Crippen molar-refractivity contribution in [2.75, 3.05) is 0 Å². The molecule has 1 saturated carbocycles. The van der Waals surface area contributed by atoms with Gasteiger partial charge in [0.05, 0.1) is 6.04 Å². The molecule has 1 aliphatic carbocycles. The number of guanidine groups is 1. The van der Waals surface area contributed by atoms with Crippen LogP contribution >= 0.6 is 0 Å². The van der Waals surface area contributed by atoms with Crippen LogP contribution in [0.5, 0.6) is 0 Å². The SMILES string of the molecule is CC(CC(N)=O)NC(N)=NC1CCCCC1. The molecule has 0 spiro atoms. The van der Waals surface area contributed by atoms with E-state index in [2.05, 4.69) is 10.3 Å². The van der Waals surface area contributed by atoms with Gasteiger partial charge in [0.1, 0.15) is 0 Å². The molecular weight excluding hydrogens is 204 g/mol. The maximum Gasteiger partial charge on any atom is 0.219 e. The van der Waals surface area contributed by atoms with Crippen molar-refractivity contribution >= 4 is 11.9 Å². The minimum absolute atomic E-state index is 0.0511. The number of amides is 1. The zero-order chi connectivity index (χ0) is 12.0. The molecule has 0 heterocycles. The standard InChI is InChI=1S/C11H22N4O/c1-8(7-10(12)16)14-11(13)15-9-5-3-2-4-6-9/h8-9H,2-7H2,1H3,(H2,12,16)(H3,13,14,15). The molecule has 1 atom stereocenters. The maximum atomic E-state index is 10.7. The Labute approximate surface area is 96.7 Å². The second-order valence-electron chi connectivity index (χ2n) is 4.52. The lowest BCUT2D eigenvalue weighted by Crippen LogP contribution is -2.41. The van der Waals surface area contributed by atoms with Gasteiger partial charge < -0.3 is 16.8 Å². The monoisotopic (exact) mass is 226 g/mol. The van der Waals surface area contributed by atoms with Crippen LogP contribution in [0.3, 0.4) is 0 Å². The van der Waals surface area contributed by atoms with Gasteiger partial charge in [0.15, 0.2) is 5.96 Å². The quantitative estimate of drug-likeness (QED) is 0.481. The largest absolute Gasteiger partial charge is 0.370 e. The lowest BCUT2D eigenvalue weighted by Gasteiger charge is -2.19. The molecule has 1 rings (SSSR count). The Morgan fingerprint density at radius 2 is 2.00 bits per heavy atom. The zero-order valence-electron chi connectivity index (χ0n) is 9.91. The van der Waals surface area contributed by atoms with Crippen molar-refractivity contribution in [3.05, 3.63) is 0 Å². The molecule has 0 bridgehead atoms. The third-order valence-corrected chi connectivity index (χ3v) is 2.80. The van der Waals surface area contributed by atoms with E-state index < -0.39 is 0 Å². The number of nitrogens with zero attached hydrogens (tertiary/aromatic N) is 1. The summed E-state index contributed by atoms with van der Waals surface area (Å²) in [6, 6.07) is 0.298. The summed E-state index contributed by atoms with van der Waals surface area (Å²) in [5, 5.41) is 2.99. The first kappa shape index (κ1) is 12.8. The topological polar surface area (TPSA) is 93.5 Å². The van der Waals surface area contributed by atoms with Crippen molar-refractivity contribution < 1.29 is 4.79 Å². The van der Waals surface area contributed by atoms with E-state index in [9.17, 15) is 4.79 Å². The van der Waals surface area contributed by atoms with Gasteiger partial charge >= 0.3 is 0 Å². The molecule has 5 N–H and O–H groups in total. The minimum Gasteiger partial charge on any atom is -0.370 e. The maximum absolute atomic E-state index is 10.7. The van der Waals surface area contributed by atoms with E-state index >= 15 is 0 Å². The molecule has 1 aliphatic rings. The van der Waals surface area contributed by atoms with Crippen molar-refractivity contribution in [3.8, 4) is 0 Å². The van der Waals surface area contributed by atoms with E-state index in [1.165, 1.54) is 19.3 Å². The fourth-order valence-electron chi connectivity index (χ4n) is 2.05. The van der Waals surface area contributed by atoms with Gasteiger partial charge in [-0.2, -0.15) is 0 Å². The first-order valence-corrected chi connectivity index (χ1v) is 5.96. The van der Waals surface area contributed by atoms with Gasteiger partial charge in [0.2, 0.25) is 5.91 Å². The van der Waals surface area contributed by atoms with Gasteiger partial charge in [-0.25, -0.2) is 0 Å². The van der Waals surface area contributed by atoms with E-state index in [1.54, 1.807) is 0 Å². The molecule has 0 aromatic heterocycles. The van der Waals surface area contributed by atoms with Crippen LogP contribution in [0.1, 0.15) is 45.4 Å². The molecular formula is C11H22N4O. The minimum atomic E-state index is -0.328. The number of rotatable bonds is 4. The normalized spacial score (nSPS) is 20.4. The Kier molecular flexibility index (Phi) is 5.08. The van der Waals surface area contributed by atoms with Crippen LogP contribution < -0.4 is 16.8 Å². The fourth-order valence-corrected chi connectivity index (χ4v) is 2.05. The number of primary amides is 1. The molecule has 1 fully saturated rings. The van der Waals surface area contributed by atoms with Crippen LogP contribution in [0, 0.1) is 0 Å². The number of nitrogens with two attached hydrogens (primary N) is 2. The van der Waals surface area contributed by atoms with Crippen LogP contribution in [0.15, 0.2) is 4.99 Å². The molecule has 1 unspecified atom stereocenters. The average molecular weight is 226 g/mol. The Hall–Kier alpha value is -1.26. The van der Waals surface area contributed by atoms with Crippen molar-refractivity contribution in [2.24, 2.45) is 16.5 Å². The first-order chi connectivity index (χ1) is 7.58. The van der Waals surface area contributed by atoms with Gasteiger partial charge in [-0.1, -0.05) is 19.3 Å². The van der Waals surface area contributed by atoms with E-state index in [1.807, 2.05) is 6.92 Å². The molecule has 5 nitrogen and oxygen atoms in total. The fraction of sp³-hybridized carbons (Fsp3) is 0.818. The van der Waals surface area contributed by atoms with E-state index in [0.29, 0.717) is 12.0 Å². The summed E-state index contributed by atoms with van der Waals surface area (Å²) in [5.74, 6) is 0.103. The van der Waals surface area contributed by atoms with Gasteiger partial charge in [0.25, 0.3) is 0 Å². The number of carbonyl (C=O) groups excluding carboxylic acids is 1. The molecule has 0 aromatic carbocycles. The van der Waals surface area contributed by atoms with Gasteiger partial charge in [0, 0.05) is 12.5 Å². The molecule has 0 aromatic rings. The number of nitrogens with one attached hydrogen (secondary N) is 1. The molecule has 0 aliphatic heterocycles. The number of hydrogen-bond donors (Lipinski definition) is 3. The highest BCUT2D eigenvalue weighted by atomic mass is 16.1. The molecule has 1 amide bonds. The van der Waals surface area contributed by atoms with Gasteiger partial charge in [-0.15, -0.1) is 0 Å².